The average Bonchev–Trinajstić information content (AvgIpc) is 2.88. The van der Waals surface area contributed by atoms with Crippen molar-refractivity contribution in [2.45, 2.75) is 0 Å². The van der Waals surface area contributed by atoms with Crippen LogP contribution in [-0.2, 0) is 7.05 Å². The number of anilines is 1. The lowest BCUT2D eigenvalue weighted by molar-refractivity contribution is 0.949. The van der Waals surface area contributed by atoms with Crippen LogP contribution >= 0.6 is 22.6 Å². The number of halogens is 1. The molecule has 0 bridgehead atoms. The van der Waals surface area contributed by atoms with E-state index in [0.717, 1.165) is 31.2 Å². The molecule has 6 nitrogen and oxygen atoms in total. The van der Waals surface area contributed by atoms with Crippen LogP contribution in [0.4, 0.5) is 5.95 Å². The van der Waals surface area contributed by atoms with Crippen LogP contribution < -0.4 is 5.43 Å². The van der Waals surface area contributed by atoms with E-state index in [4.69, 9.17) is 0 Å². The first-order chi connectivity index (χ1) is 11.7. The molecule has 24 heavy (non-hydrogen) atoms. The molecule has 0 saturated carbocycles. The second-order valence-electron chi connectivity index (χ2n) is 5.31. The number of para-hydroxylation sites is 1. The third kappa shape index (κ3) is 2.71. The number of hydrazone groups is 1. The molecule has 4 aromatic rings. The van der Waals surface area contributed by atoms with Gasteiger partial charge >= 0.3 is 0 Å². The van der Waals surface area contributed by atoms with Crippen LogP contribution in [0.2, 0.25) is 0 Å². The summed E-state index contributed by atoms with van der Waals surface area (Å²) in [5.74, 6) is 0.371. The van der Waals surface area contributed by atoms with Crippen molar-refractivity contribution in [1.82, 2.24) is 19.7 Å². The number of aryl methyl sites for hydroxylation is 1. The van der Waals surface area contributed by atoms with Crippen molar-refractivity contribution in [3.63, 3.8) is 0 Å². The quantitative estimate of drug-likeness (QED) is 0.308. The minimum absolute atomic E-state index is 0.371. The zero-order valence-corrected chi connectivity index (χ0v) is 15.0. The van der Waals surface area contributed by atoms with Gasteiger partial charge in [-0.25, -0.2) is 5.43 Å². The van der Waals surface area contributed by atoms with Crippen molar-refractivity contribution in [1.29, 1.82) is 0 Å². The molecule has 4 rings (SSSR count). The lowest BCUT2D eigenvalue weighted by Gasteiger charge is -1.99. The Kier molecular flexibility index (Phi) is 3.85. The smallest absolute Gasteiger partial charge is 0.265 e. The van der Waals surface area contributed by atoms with Gasteiger partial charge in [-0.05, 0) is 46.4 Å². The van der Waals surface area contributed by atoms with E-state index in [-0.39, 0.29) is 0 Å². The fraction of sp³-hybridized carbons (Fsp3) is 0.0588. The van der Waals surface area contributed by atoms with Crippen LogP contribution in [0, 0.1) is 3.57 Å². The number of hydrogen-bond donors (Lipinski definition) is 1. The van der Waals surface area contributed by atoms with E-state index in [1.165, 1.54) is 0 Å². The van der Waals surface area contributed by atoms with E-state index in [2.05, 4.69) is 48.3 Å². The van der Waals surface area contributed by atoms with Crippen molar-refractivity contribution in [3.05, 3.63) is 57.7 Å². The first-order valence-electron chi connectivity index (χ1n) is 7.35. The number of hydrogen-bond acceptors (Lipinski definition) is 5. The maximum Gasteiger partial charge on any atom is 0.265 e. The Labute approximate surface area is 151 Å². The van der Waals surface area contributed by atoms with Gasteiger partial charge in [-0.2, -0.15) is 10.1 Å². The molecule has 0 fully saturated rings. The van der Waals surface area contributed by atoms with Gasteiger partial charge in [-0.15, -0.1) is 10.2 Å². The van der Waals surface area contributed by atoms with E-state index in [1.54, 1.807) is 6.21 Å². The second kappa shape index (κ2) is 6.16. The Bertz CT molecular complexity index is 1070. The third-order valence-electron chi connectivity index (χ3n) is 3.73. The van der Waals surface area contributed by atoms with E-state index in [0.29, 0.717) is 5.95 Å². The lowest BCUT2D eigenvalue weighted by atomic mass is 10.2. The average molecular weight is 428 g/mol. The summed E-state index contributed by atoms with van der Waals surface area (Å²) >= 11 is 2.27. The highest BCUT2D eigenvalue weighted by molar-refractivity contribution is 14.1. The molecular weight excluding hydrogens is 415 g/mol. The van der Waals surface area contributed by atoms with Crippen LogP contribution in [0.15, 0.2) is 53.6 Å². The summed E-state index contributed by atoms with van der Waals surface area (Å²) < 4.78 is 3.17. The molecule has 0 spiro atoms. The summed E-state index contributed by atoms with van der Waals surface area (Å²) in [5.41, 5.74) is 6.50. The van der Waals surface area contributed by atoms with Crippen molar-refractivity contribution in [2.24, 2.45) is 12.1 Å². The minimum Gasteiger partial charge on any atom is -0.327 e. The zero-order valence-electron chi connectivity index (χ0n) is 12.8. The van der Waals surface area contributed by atoms with Gasteiger partial charge in [-0.3, -0.25) is 0 Å². The van der Waals surface area contributed by atoms with Gasteiger partial charge in [-0.1, -0.05) is 30.3 Å². The Morgan fingerprint density at radius 3 is 2.88 bits per heavy atom. The second-order valence-corrected chi connectivity index (χ2v) is 6.55. The van der Waals surface area contributed by atoms with Crippen LogP contribution in [0.25, 0.3) is 22.1 Å². The number of nitrogens with one attached hydrogen (secondary N) is 1. The summed E-state index contributed by atoms with van der Waals surface area (Å²) in [6, 6.07) is 16.1. The molecule has 2 aromatic heterocycles. The molecule has 0 radical (unpaired) electrons. The van der Waals surface area contributed by atoms with Crippen LogP contribution in [0.5, 0.6) is 0 Å². The monoisotopic (exact) mass is 428 g/mol. The largest absolute Gasteiger partial charge is 0.327 e. The highest BCUT2D eigenvalue weighted by Gasteiger charge is 2.11. The topological polar surface area (TPSA) is 68.0 Å². The predicted octanol–water partition coefficient (Wildman–Crippen LogP) is 3.57. The summed E-state index contributed by atoms with van der Waals surface area (Å²) in [5, 5.41) is 13.7. The Balaban J connectivity index is 1.66. The minimum atomic E-state index is 0.371. The van der Waals surface area contributed by atoms with E-state index < -0.39 is 0 Å². The maximum absolute atomic E-state index is 4.52. The van der Waals surface area contributed by atoms with Crippen molar-refractivity contribution in [2.75, 3.05) is 5.43 Å². The van der Waals surface area contributed by atoms with E-state index in [9.17, 15) is 0 Å². The normalized spacial score (nSPS) is 11.6. The van der Waals surface area contributed by atoms with Crippen molar-refractivity contribution in [3.8, 4) is 0 Å². The number of benzene rings is 2. The van der Waals surface area contributed by atoms with Crippen LogP contribution in [-0.4, -0.2) is 26.0 Å². The molecule has 0 atom stereocenters. The van der Waals surface area contributed by atoms with Crippen LogP contribution in [0.3, 0.4) is 0 Å². The Hall–Kier alpha value is -2.55. The molecule has 7 heteroatoms. The van der Waals surface area contributed by atoms with Gasteiger partial charge in [0, 0.05) is 16.0 Å². The number of aromatic nitrogens is 4. The molecular formula is C17H13IN6. The number of nitrogens with zero attached hydrogens (tertiary/aromatic N) is 5. The zero-order chi connectivity index (χ0) is 16.5. The molecule has 2 heterocycles. The van der Waals surface area contributed by atoms with Crippen LogP contribution in [0.1, 0.15) is 5.56 Å². The molecule has 2 aromatic carbocycles. The summed E-state index contributed by atoms with van der Waals surface area (Å²) in [6.07, 6.45) is 1.73. The molecule has 0 aliphatic carbocycles. The molecule has 0 amide bonds. The van der Waals surface area contributed by atoms with E-state index in [1.807, 2.05) is 60.1 Å². The molecule has 1 N–H and O–H groups in total. The molecule has 118 valence electrons. The van der Waals surface area contributed by atoms with Gasteiger partial charge in [0.2, 0.25) is 0 Å². The van der Waals surface area contributed by atoms with Gasteiger partial charge in [0.1, 0.15) is 5.52 Å². The number of rotatable bonds is 3. The molecule has 0 saturated heterocycles. The lowest BCUT2D eigenvalue weighted by Crippen LogP contribution is -2.00. The summed E-state index contributed by atoms with van der Waals surface area (Å²) in [7, 11) is 1.97. The standard InChI is InChI=1S/C17H13IN6/c1-24-14-8-3-2-7-13(14)15-16(24)20-17(23-21-15)22-19-10-11-5-4-6-12(18)9-11/h2-10H,1H3,(H,20,22,23)/b19-10-. The molecule has 0 unspecified atom stereocenters. The fourth-order valence-corrected chi connectivity index (χ4v) is 3.17. The first-order valence-corrected chi connectivity index (χ1v) is 8.43. The van der Waals surface area contributed by atoms with Gasteiger partial charge in [0.15, 0.2) is 5.65 Å². The van der Waals surface area contributed by atoms with Crippen molar-refractivity contribution < 1.29 is 0 Å². The SMILES string of the molecule is Cn1c2ccccc2c2nnc(N/N=C\c3cccc(I)c3)nc21. The third-order valence-corrected chi connectivity index (χ3v) is 4.40. The van der Waals surface area contributed by atoms with Gasteiger partial charge < -0.3 is 4.57 Å². The predicted molar refractivity (Wildman–Crippen MR) is 104 cm³/mol. The number of fused-ring (bicyclic) bond motifs is 3. The highest BCUT2D eigenvalue weighted by atomic mass is 127. The first kappa shape index (κ1) is 15.0. The van der Waals surface area contributed by atoms with Crippen molar-refractivity contribution >= 4 is 56.8 Å². The Morgan fingerprint density at radius 2 is 2.00 bits per heavy atom. The summed E-state index contributed by atoms with van der Waals surface area (Å²) in [6.45, 7) is 0. The van der Waals surface area contributed by atoms with Gasteiger partial charge in [0.25, 0.3) is 5.95 Å². The molecule has 0 aliphatic rings. The fourth-order valence-electron chi connectivity index (χ4n) is 2.61. The molecule has 0 aliphatic heterocycles. The summed E-state index contributed by atoms with van der Waals surface area (Å²) in [4.78, 5) is 4.52. The van der Waals surface area contributed by atoms with E-state index >= 15 is 0 Å². The Morgan fingerprint density at radius 1 is 1.12 bits per heavy atom. The highest BCUT2D eigenvalue weighted by Crippen LogP contribution is 2.24. The maximum atomic E-state index is 4.52. The van der Waals surface area contributed by atoms with Gasteiger partial charge in [0.05, 0.1) is 11.7 Å².